The summed E-state index contributed by atoms with van der Waals surface area (Å²) in [6.07, 6.45) is 0. The lowest BCUT2D eigenvalue weighted by Crippen LogP contribution is -2.00. The minimum Gasteiger partial charge on any atom is -0.508 e. The van der Waals surface area contributed by atoms with Gasteiger partial charge in [-0.3, -0.25) is 4.79 Å². The van der Waals surface area contributed by atoms with E-state index in [9.17, 15) is 15.0 Å². The van der Waals surface area contributed by atoms with E-state index >= 15 is 0 Å². The van der Waals surface area contributed by atoms with Gasteiger partial charge in [0.1, 0.15) is 28.6 Å². The minimum atomic E-state index is -0.229. The lowest BCUT2D eigenvalue weighted by Gasteiger charge is -2.06. The first kappa shape index (κ1) is 13.1. The van der Waals surface area contributed by atoms with Gasteiger partial charge in [0, 0.05) is 17.7 Å². The fraction of sp³-hybridized carbons (Fsp3) is 0.0625. The third-order valence-corrected chi connectivity index (χ3v) is 3.12. The van der Waals surface area contributed by atoms with Crippen LogP contribution in [0.4, 0.5) is 0 Å². The first-order valence-electron chi connectivity index (χ1n) is 6.22. The van der Waals surface area contributed by atoms with E-state index in [-0.39, 0.29) is 22.7 Å². The molecule has 2 N–H and O–H groups in total. The van der Waals surface area contributed by atoms with Crippen LogP contribution < -0.4 is 10.2 Å². The van der Waals surface area contributed by atoms with E-state index in [0.29, 0.717) is 22.3 Å². The molecule has 0 unspecified atom stereocenters. The van der Waals surface area contributed by atoms with E-state index in [2.05, 4.69) is 0 Å². The predicted molar refractivity (Wildman–Crippen MR) is 77.8 cm³/mol. The maximum atomic E-state index is 12.2. The zero-order valence-electron chi connectivity index (χ0n) is 11.2. The molecule has 21 heavy (non-hydrogen) atoms. The fourth-order valence-corrected chi connectivity index (χ4v) is 2.14. The largest absolute Gasteiger partial charge is 0.508 e. The van der Waals surface area contributed by atoms with Gasteiger partial charge in [0.05, 0.1) is 12.5 Å². The van der Waals surface area contributed by atoms with Crippen molar-refractivity contribution in [2.24, 2.45) is 0 Å². The van der Waals surface area contributed by atoms with Crippen molar-refractivity contribution in [1.82, 2.24) is 0 Å². The standard InChI is InChI=1S/C16H12O5/c1-20-12-2-3-15-13(7-12)14(19)8-16(21-15)9-4-10(17)6-11(18)5-9/h2-8,17-18H,1H3. The maximum Gasteiger partial charge on any atom is 0.193 e. The molecule has 0 aliphatic rings. The van der Waals surface area contributed by atoms with Crippen molar-refractivity contribution in [3.63, 3.8) is 0 Å². The third-order valence-electron chi connectivity index (χ3n) is 3.12. The Balaban J connectivity index is 2.23. The zero-order chi connectivity index (χ0) is 15.0. The van der Waals surface area contributed by atoms with Crippen molar-refractivity contribution in [2.75, 3.05) is 7.11 Å². The SMILES string of the molecule is COc1ccc2oc(-c3cc(O)cc(O)c3)cc(=O)c2c1. The van der Waals surface area contributed by atoms with Crippen LogP contribution in [0, 0.1) is 0 Å². The quantitative estimate of drug-likeness (QED) is 0.756. The van der Waals surface area contributed by atoms with Crippen molar-refractivity contribution in [3.8, 4) is 28.6 Å². The van der Waals surface area contributed by atoms with Gasteiger partial charge >= 0.3 is 0 Å². The predicted octanol–water partition coefficient (Wildman–Crippen LogP) is 2.88. The molecule has 5 heteroatoms. The van der Waals surface area contributed by atoms with Crippen molar-refractivity contribution in [2.45, 2.75) is 0 Å². The van der Waals surface area contributed by atoms with Crippen LogP contribution in [0.1, 0.15) is 0 Å². The fourth-order valence-electron chi connectivity index (χ4n) is 2.14. The number of hydrogen-bond acceptors (Lipinski definition) is 5. The highest BCUT2D eigenvalue weighted by Gasteiger charge is 2.09. The second kappa shape index (κ2) is 4.86. The molecule has 0 aliphatic carbocycles. The van der Waals surface area contributed by atoms with Gasteiger partial charge in [0.15, 0.2) is 5.43 Å². The molecule has 0 spiro atoms. The summed E-state index contributed by atoms with van der Waals surface area (Å²) in [6, 6.07) is 10.3. The smallest absolute Gasteiger partial charge is 0.193 e. The Morgan fingerprint density at radius 2 is 1.71 bits per heavy atom. The van der Waals surface area contributed by atoms with E-state index in [1.807, 2.05) is 0 Å². The highest BCUT2D eigenvalue weighted by atomic mass is 16.5. The summed E-state index contributed by atoms with van der Waals surface area (Å²) in [6.45, 7) is 0. The lowest BCUT2D eigenvalue weighted by atomic mass is 10.1. The topological polar surface area (TPSA) is 79.9 Å². The highest BCUT2D eigenvalue weighted by molar-refractivity contribution is 5.80. The molecule has 1 heterocycles. The number of phenols is 2. The molecule has 0 aliphatic heterocycles. The number of methoxy groups -OCH3 is 1. The van der Waals surface area contributed by atoms with E-state index in [1.165, 1.54) is 31.4 Å². The average molecular weight is 284 g/mol. The molecule has 3 aromatic rings. The van der Waals surface area contributed by atoms with Crippen LogP contribution in [-0.4, -0.2) is 17.3 Å². The van der Waals surface area contributed by atoms with Crippen LogP contribution in [0.25, 0.3) is 22.3 Å². The van der Waals surface area contributed by atoms with E-state index in [0.717, 1.165) is 0 Å². The van der Waals surface area contributed by atoms with Gasteiger partial charge in [0.2, 0.25) is 0 Å². The van der Waals surface area contributed by atoms with Gasteiger partial charge in [-0.2, -0.15) is 0 Å². The Labute approximate surface area is 119 Å². The summed E-state index contributed by atoms with van der Waals surface area (Å²) in [4.78, 5) is 12.2. The van der Waals surface area contributed by atoms with Crippen molar-refractivity contribution in [3.05, 3.63) is 52.7 Å². The van der Waals surface area contributed by atoms with Gasteiger partial charge in [-0.05, 0) is 30.3 Å². The molecule has 5 nitrogen and oxygen atoms in total. The average Bonchev–Trinajstić information content (AvgIpc) is 2.46. The van der Waals surface area contributed by atoms with E-state index in [1.54, 1.807) is 18.2 Å². The maximum absolute atomic E-state index is 12.2. The molecule has 0 atom stereocenters. The Morgan fingerprint density at radius 3 is 2.38 bits per heavy atom. The molecule has 0 saturated heterocycles. The molecule has 0 amide bonds. The van der Waals surface area contributed by atoms with E-state index in [4.69, 9.17) is 9.15 Å². The Bertz CT molecular complexity index is 859. The summed E-state index contributed by atoms with van der Waals surface area (Å²) in [5, 5.41) is 19.4. The highest BCUT2D eigenvalue weighted by Crippen LogP contribution is 2.30. The number of phenolic OH excluding ortho intramolecular Hbond substituents is 2. The van der Waals surface area contributed by atoms with Crippen LogP contribution >= 0.6 is 0 Å². The van der Waals surface area contributed by atoms with E-state index < -0.39 is 0 Å². The number of ether oxygens (including phenoxy) is 1. The van der Waals surface area contributed by atoms with Crippen LogP contribution in [0.2, 0.25) is 0 Å². The van der Waals surface area contributed by atoms with Gasteiger partial charge in [0.25, 0.3) is 0 Å². The van der Waals surface area contributed by atoms with Crippen molar-refractivity contribution < 1.29 is 19.4 Å². The Kier molecular flexibility index (Phi) is 3.02. The van der Waals surface area contributed by atoms with Gasteiger partial charge in [-0.25, -0.2) is 0 Å². The zero-order valence-corrected chi connectivity index (χ0v) is 11.2. The summed E-state index contributed by atoms with van der Waals surface area (Å²) in [5.41, 5.74) is 0.594. The molecular weight excluding hydrogens is 272 g/mol. The molecule has 0 radical (unpaired) electrons. The Hall–Kier alpha value is -2.95. The third kappa shape index (κ3) is 2.41. The molecule has 1 aromatic heterocycles. The number of fused-ring (bicyclic) bond motifs is 1. The summed E-state index contributed by atoms with van der Waals surface area (Å²) < 4.78 is 10.7. The van der Waals surface area contributed by atoms with Crippen LogP contribution in [0.3, 0.4) is 0 Å². The van der Waals surface area contributed by atoms with Crippen molar-refractivity contribution in [1.29, 1.82) is 0 Å². The summed E-state index contributed by atoms with van der Waals surface area (Å²) in [5.74, 6) is 0.617. The number of rotatable bonds is 2. The molecule has 0 bridgehead atoms. The van der Waals surface area contributed by atoms with Gasteiger partial charge in [-0.15, -0.1) is 0 Å². The minimum absolute atomic E-state index is 0.109. The monoisotopic (exact) mass is 284 g/mol. The summed E-state index contributed by atoms with van der Waals surface area (Å²) in [7, 11) is 1.52. The number of aromatic hydroxyl groups is 2. The molecule has 106 valence electrons. The molecule has 3 rings (SSSR count). The van der Waals surface area contributed by atoms with Gasteiger partial charge in [-0.1, -0.05) is 0 Å². The number of benzene rings is 2. The summed E-state index contributed by atoms with van der Waals surface area (Å²) >= 11 is 0. The second-order valence-corrected chi connectivity index (χ2v) is 4.58. The van der Waals surface area contributed by atoms with Crippen LogP contribution in [0.5, 0.6) is 17.2 Å². The molecule has 2 aromatic carbocycles. The first-order valence-corrected chi connectivity index (χ1v) is 6.22. The Morgan fingerprint density at radius 1 is 1.00 bits per heavy atom. The first-order chi connectivity index (χ1) is 10.1. The van der Waals surface area contributed by atoms with Gasteiger partial charge < -0.3 is 19.4 Å². The normalized spacial score (nSPS) is 10.7. The number of hydrogen-bond donors (Lipinski definition) is 2. The van der Waals surface area contributed by atoms with Crippen LogP contribution in [-0.2, 0) is 0 Å². The molecular formula is C16H12O5. The van der Waals surface area contributed by atoms with Crippen LogP contribution in [0.15, 0.2) is 51.7 Å². The van der Waals surface area contributed by atoms with Crippen molar-refractivity contribution >= 4 is 11.0 Å². The molecule has 0 fully saturated rings. The molecule has 0 saturated carbocycles. The lowest BCUT2D eigenvalue weighted by molar-refractivity contribution is 0.415. The second-order valence-electron chi connectivity index (χ2n) is 4.58.